The van der Waals surface area contributed by atoms with E-state index in [9.17, 15) is 5.11 Å². The number of benzene rings is 1. The Morgan fingerprint density at radius 1 is 1.35 bits per heavy atom. The fourth-order valence-corrected chi connectivity index (χ4v) is 2.36. The SMILES string of the molecule is CC[C@@H](O)c1ccc(N2CCC(CO)C2)cc1. The molecule has 2 atom stereocenters. The van der Waals surface area contributed by atoms with Crippen molar-refractivity contribution in [3.63, 3.8) is 0 Å². The van der Waals surface area contributed by atoms with Gasteiger partial charge in [0.15, 0.2) is 0 Å². The van der Waals surface area contributed by atoms with Gasteiger partial charge >= 0.3 is 0 Å². The Bertz CT molecular complexity index is 350. The zero-order chi connectivity index (χ0) is 12.3. The maximum Gasteiger partial charge on any atom is 0.0787 e. The first-order chi connectivity index (χ1) is 8.24. The van der Waals surface area contributed by atoms with E-state index in [1.54, 1.807) is 0 Å². The molecular formula is C14H21NO2. The van der Waals surface area contributed by atoms with Gasteiger partial charge in [-0.15, -0.1) is 0 Å². The van der Waals surface area contributed by atoms with Crippen molar-refractivity contribution in [1.82, 2.24) is 0 Å². The summed E-state index contributed by atoms with van der Waals surface area (Å²) in [5.41, 5.74) is 2.17. The number of aliphatic hydroxyl groups is 2. The predicted octanol–water partition coefficient (Wildman–Crippen LogP) is 1.95. The Morgan fingerprint density at radius 3 is 2.59 bits per heavy atom. The molecule has 0 bridgehead atoms. The molecule has 1 heterocycles. The van der Waals surface area contributed by atoms with Gasteiger partial charge in [-0.1, -0.05) is 19.1 Å². The lowest BCUT2D eigenvalue weighted by molar-refractivity contribution is 0.173. The molecular weight excluding hydrogens is 214 g/mol. The largest absolute Gasteiger partial charge is 0.396 e. The predicted molar refractivity (Wildman–Crippen MR) is 69.1 cm³/mol. The molecule has 0 radical (unpaired) electrons. The molecule has 1 aromatic rings. The molecule has 1 aliphatic heterocycles. The molecule has 2 N–H and O–H groups in total. The van der Waals surface area contributed by atoms with Crippen LogP contribution in [0.25, 0.3) is 0 Å². The van der Waals surface area contributed by atoms with Gasteiger partial charge < -0.3 is 15.1 Å². The van der Waals surface area contributed by atoms with E-state index in [2.05, 4.69) is 17.0 Å². The van der Waals surface area contributed by atoms with Gasteiger partial charge in [-0.05, 0) is 30.5 Å². The summed E-state index contributed by atoms with van der Waals surface area (Å²) >= 11 is 0. The van der Waals surface area contributed by atoms with E-state index in [0.29, 0.717) is 5.92 Å². The first-order valence-corrected chi connectivity index (χ1v) is 6.38. The first kappa shape index (κ1) is 12.4. The van der Waals surface area contributed by atoms with E-state index >= 15 is 0 Å². The van der Waals surface area contributed by atoms with Crippen LogP contribution >= 0.6 is 0 Å². The van der Waals surface area contributed by atoms with Gasteiger partial charge in [0.25, 0.3) is 0 Å². The van der Waals surface area contributed by atoms with Gasteiger partial charge in [0.1, 0.15) is 0 Å². The third kappa shape index (κ3) is 2.79. The normalized spacial score (nSPS) is 21.8. The molecule has 3 heteroatoms. The van der Waals surface area contributed by atoms with Crippen LogP contribution in [0.5, 0.6) is 0 Å². The summed E-state index contributed by atoms with van der Waals surface area (Å²) in [7, 11) is 0. The summed E-state index contributed by atoms with van der Waals surface area (Å²) in [4.78, 5) is 2.29. The average Bonchev–Trinajstić information content (AvgIpc) is 2.87. The molecule has 1 unspecified atom stereocenters. The van der Waals surface area contributed by atoms with Crippen molar-refractivity contribution in [2.45, 2.75) is 25.9 Å². The van der Waals surface area contributed by atoms with Crippen molar-refractivity contribution >= 4 is 5.69 Å². The van der Waals surface area contributed by atoms with Crippen LogP contribution in [0.1, 0.15) is 31.4 Å². The Hall–Kier alpha value is -1.06. The Morgan fingerprint density at radius 2 is 2.06 bits per heavy atom. The molecule has 1 aliphatic rings. The molecule has 1 saturated heterocycles. The van der Waals surface area contributed by atoms with Gasteiger partial charge in [0, 0.05) is 31.3 Å². The second-order valence-electron chi connectivity index (χ2n) is 4.80. The maximum atomic E-state index is 9.72. The third-order valence-corrected chi connectivity index (χ3v) is 3.57. The lowest BCUT2D eigenvalue weighted by Gasteiger charge is -2.19. The van der Waals surface area contributed by atoms with E-state index < -0.39 is 0 Å². The standard InChI is InChI=1S/C14H21NO2/c1-2-14(17)12-3-5-13(6-4-12)15-8-7-11(9-15)10-16/h3-6,11,14,16-17H,2,7-10H2,1H3/t11?,14-/m1/s1. The fourth-order valence-electron chi connectivity index (χ4n) is 2.36. The summed E-state index contributed by atoms with van der Waals surface area (Å²) in [5, 5.41) is 18.8. The minimum atomic E-state index is -0.354. The van der Waals surface area contributed by atoms with Gasteiger partial charge in [0.05, 0.1) is 6.10 Å². The fraction of sp³-hybridized carbons (Fsp3) is 0.571. The highest BCUT2D eigenvalue weighted by molar-refractivity contribution is 5.48. The molecule has 17 heavy (non-hydrogen) atoms. The van der Waals surface area contributed by atoms with Crippen LogP contribution in [0.4, 0.5) is 5.69 Å². The number of rotatable bonds is 4. The van der Waals surface area contributed by atoms with Gasteiger partial charge in [-0.2, -0.15) is 0 Å². The van der Waals surface area contributed by atoms with Gasteiger partial charge in [-0.25, -0.2) is 0 Å². The Balaban J connectivity index is 2.03. The summed E-state index contributed by atoms with van der Waals surface area (Å²) in [6, 6.07) is 8.12. The van der Waals surface area contributed by atoms with E-state index in [1.165, 1.54) is 5.69 Å². The number of hydrogen-bond acceptors (Lipinski definition) is 3. The lowest BCUT2D eigenvalue weighted by Crippen LogP contribution is -2.20. The molecule has 2 rings (SSSR count). The number of aliphatic hydroxyl groups excluding tert-OH is 2. The van der Waals surface area contributed by atoms with Crippen LogP contribution in [0.2, 0.25) is 0 Å². The van der Waals surface area contributed by atoms with Crippen LogP contribution in [-0.4, -0.2) is 29.9 Å². The smallest absolute Gasteiger partial charge is 0.0787 e. The van der Waals surface area contributed by atoms with Crippen molar-refractivity contribution in [1.29, 1.82) is 0 Å². The monoisotopic (exact) mass is 235 g/mol. The minimum Gasteiger partial charge on any atom is -0.396 e. The Labute approximate surface area is 103 Å². The van der Waals surface area contributed by atoms with E-state index in [-0.39, 0.29) is 12.7 Å². The van der Waals surface area contributed by atoms with Crippen LogP contribution in [0.15, 0.2) is 24.3 Å². The molecule has 0 spiro atoms. The quantitative estimate of drug-likeness (QED) is 0.838. The van der Waals surface area contributed by atoms with Gasteiger partial charge in [-0.3, -0.25) is 0 Å². The first-order valence-electron chi connectivity index (χ1n) is 6.38. The summed E-state index contributed by atoms with van der Waals surface area (Å²) in [5.74, 6) is 0.413. The lowest BCUT2D eigenvalue weighted by atomic mass is 10.1. The molecule has 1 fully saturated rings. The van der Waals surface area contributed by atoms with E-state index in [4.69, 9.17) is 5.11 Å². The van der Waals surface area contributed by atoms with Crippen molar-refractivity contribution in [3.05, 3.63) is 29.8 Å². The zero-order valence-electron chi connectivity index (χ0n) is 10.3. The maximum absolute atomic E-state index is 9.72. The topological polar surface area (TPSA) is 43.7 Å². The van der Waals surface area contributed by atoms with Crippen LogP contribution < -0.4 is 4.90 Å². The summed E-state index contributed by atoms with van der Waals surface area (Å²) in [6.45, 7) is 4.21. The second-order valence-corrected chi connectivity index (χ2v) is 4.80. The zero-order valence-corrected chi connectivity index (χ0v) is 10.3. The number of hydrogen-bond donors (Lipinski definition) is 2. The molecule has 0 saturated carbocycles. The molecule has 3 nitrogen and oxygen atoms in total. The third-order valence-electron chi connectivity index (χ3n) is 3.57. The highest BCUT2D eigenvalue weighted by Gasteiger charge is 2.21. The molecule has 0 aromatic heterocycles. The van der Waals surface area contributed by atoms with Crippen LogP contribution in [0.3, 0.4) is 0 Å². The highest BCUT2D eigenvalue weighted by Crippen LogP contribution is 2.25. The van der Waals surface area contributed by atoms with Crippen molar-refractivity contribution in [2.24, 2.45) is 5.92 Å². The van der Waals surface area contributed by atoms with Crippen molar-refractivity contribution in [2.75, 3.05) is 24.6 Å². The molecule has 94 valence electrons. The Kier molecular flexibility index (Phi) is 4.02. The van der Waals surface area contributed by atoms with E-state index in [1.807, 2.05) is 19.1 Å². The minimum absolute atomic E-state index is 0.281. The van der Waals surface area contributed by atoms with Crippen molar-refractivity contribution < 1.29 is 10.2 Å². The molecule has 1 aromatic carbocycles. The number of nitrogens with zero attached hydrogens (tertiary/aromatic N) is 1. The summed E-state index contributed by atoms with van der Waals surface area (Å²) in [6.07, 6.45) is 1.46. The van der Waals surface area contributed by atoms with E-state index in [0.717, 1.165) is 31.5 Å². The molecule has 0 amide bonds. The van der Waals surface area contributed by atoms with Crippen LogP contribution in [0, 0.1) is 5.92 Å². The van der Waals surface area contributed by atoms with Crippen LogP contribution in [-0.2, 0) is 0 Å². The number of anilines is 1. The highest BCUT2D eigenvalue weighted by atomic mass is 16.3. The molecule has 0 aliphatic carbocycles. The van der Waals surface area contributed by atoms with Crippen molar-refractivity contribution in [3.8, 4) is 0 Å². The summed E-state index contributed by atoms with van der Waals surface area (Å²) < 4.78 is 0. The van der Waals surface area contributed by atoms with Gasteiger partial charge in [0.2, 0.25) is 0 Å². The average molecular weight is 235 g/mol. The second kappa shape index (κ2) is 5.52.